The highest BCUT2D eigenvalue weighted by Gasteiger charge is 2.37. The van der Waals surface area contributed by atoms with Gasteiger partial charge in [0.05, 0.1) is 5.02 Å². The molecule has 0 spiro atoms. The van der Waals surface area contributed by atoms with E-state index in [9.17, 15) is 17.6 Å². The summed E-state index contributed by atoms with van der Waals surface area (Å²) >= 11 is 5.30. The van der Waals surface area contributed by atoms with Crippen LogP contribution in [0.2, 0.25) is 5.02 Å². The minimum absolute atomic E-state index is 0. The Kier molecular flexibility index (Phi) is 4.83. The van der Waals surface area contributed by atoms with Crippen LogP contribution in [0.4, 0.5) is 17.6 Å². The zero-order valence-electron chi connectivity index (χ0n) is 7.18. The van der Waals surface area contributed by atoms with Gasteiger partial charge in [-0.15, -0.1) is 12.4 Å². The lowest BCUT2D eigenvalue weighted by molar-refractivity contribution is -0.149. The average Bonchev–Trinajstić information content (AvgIpc) is 2.07. The van der Waals surface area contributed by atoms with Crippen molar-refractivity contribution in [3.05, 3.63) is 34.6 Å². The molecule has 0 bridgehead atoms. The number of hydrogen-bond acceptors (Lipinski definition) is 1. The molecule has 1 aromatic rings. The molecule has 0 aliphatic heterocycles. The Labute approximate surface area is 94.6 Å². The highest BCUT2D eigenvalue weighted by molar-refractivity contribution is 6.30. The third-order valence-electron chi connectivity index (χ3n) is 1.66. The SMILES string of the molecule is Cl.NC(c1ccc(Cl)c(F)c1)C(F)(F)F. The second kappa shape index (κ2) is 5.01. The van der Waals surface area contributed by atoms with Crippen molar-refractivity contribution in [2.24, 2.45) is 5.73 Å². The molecule has 1 atom stereocenters. The van der Waals surface area contributed by atoms with Crippen LogP contribution in [0.25, 0.3) is 0 Å². The molecule has 0 aromatic heterocycles. The molecule has 1 unspecified atom stereocenters. The summed E-state index contributed by atoms with van der Waals surface area (Å²) < 4.78 is 49.0. The van der Waals surface area contributed by atoms with Gasteiger partial charge in [-0.1, -0.05) is 17.7 Å². The maximum absolute atomic E-state index is 12.8. The van der Waals surface area contributed by atoms with E-state index in [-0.39, 0.29) is 23.0 Å². The molecule has 15 heavy (non-hydrogen) atoms. The lowest BCUT2D eigenvalue weighted by Crippen LogP contribution is -2.28. The molecule has 1 rings (SSSR count). The number of alkyl halides is 3. The van der Waals surface area contributed by atoms with Gasteiger partial charge >= 0.3 is 6.18 Å². The monoisotopic (exact) mass is 263 g/mol. The van der Waals surface area contributed by atoms with E-state index in [2.05, 4.69) is 0 Å². The maximum atomic E-state index is 12.8. The van der Waals surface area contributed by atoms with E-state index in [1.165, 1.54) is 0 Å². The minimum Gasteiger partial charge on any atom is -0.316 e. The molecule has 7 heteroatoms. The predicted octanol–water partition coefficient (Wildman–Crippen LogP) is 3.46. The van der Waals surface area contributed by atoms with Gasteiger partial charge in [-0.2, -0.15) is 13.2 Å². The lowest BCUT2D eigenvalue weighted by Gasteiger charge is -2.15. The molecular weight excluding hydrogens is 257 g/mol. The first-order valence-corrected chi connectivity index (χ1v) is 3.97. The molecule has 0 radical (unpaired) electrons. The fourth-order valence-electron chi connectivity index (χ4n) is 0.895. The van der Waals surface area contributed by atoms with Gasteiger partial charge in [0.1, 0.15) is 11.9 Å². The van der Waals surface area contributed by atoms with Gasteiger partial charge in [0.2, 0.25) is 0 Å². The largest absolute Gasteiger partial charge is 0.407 e. The first-order chi connectivity index (χ1) is 6.32. The van der Waals surface area contributed by atoms with Crippen molar-refractivity contribution >= 4 is 24.0 Å². The zero-order chi connectivity index (χ0) is 10.9. The minimum atomic E-state index is -4.58. The normalized spacial score (nSPS) is 13.2. The van der Waals surface area contributed by atoms with Crippen molar-refractivity contribution in [1.82, 2.24) is 0 Å². The summed E-state index contributed by atoms with van der Waals surface area (Å²) in [6, 6.07) is 0.580. The first-order valence-electron chi connectivity index (χ1n) is 3.59. The number of benzene rings is 1. The smallest absolute Gasteiger partial charge is 0.316 e. The van der Waals surface area contributed by atoms with E-state index < -0.39 is 18.0 Å². The molecule has 0 saturated carbocycles. The maximum Gasteiger partial charge on any atom is 0.407 e. The Morgan fingerprint density at radius 3 is 2.20 bits per heavy atom. The third-order valence-corrected chi connectivity index (χ3v) is 1.96. The van der Waals surface area contributed by atoms with Crippen LogP contribution < -0.4 is 5.73 Å². The molecule has 0 saturated heterocycles. The molecular formula is C8H7Cl2F4N. The van der Waals surface area contributed by atoms with E-state index in [0.29, 0.717) is 6.07 Å². The van der Waals surface area contributed by atoms with E-state index in [1.54, 1.807) is 0 Å². The molecule has 0 heterocycles. The lowest BCUT2D eigenvalue weighted by atomic mass is 10.1. The van der Waals surface area contributed by atoms with Crippen LogP contribution in [0, 0.1) is 5.82 Å². The first kappa shape index (κ1) is 14.5. The van der Waals surface area contributed by atoms with Crippen molar-refractivity contribution < 1.29 is 17.6 Å². The number of rotatable bonds is 1. The average molecular weight is 264 g/mol. The van der Waals surface area contributed by atoms with Crippen LogP contribution in [0.3, 0.4) is 0 Å². The van der Waals surface area contributed by atoms with Gasteiger partial charge < -0.3 is 5.73 Å². The standard InChI is InChI=1S/C8H6ClF4N.ClH/c9-5-2-1-4(3-6(5)10)7(14)8(11,12)13;/h1-3,7H,14H2;1H. The van der Waals surface area contributed by atoms with E-state index >= 15 is 0 Å². The van der Waals surface area contributed by atoms with E-state index in [4.69, 9.17) is 17.3 Å². The van der Waals surface area contributed by atoms with Gasteiger partial charge in [0.15, 0.2) is 0 Å². The number of halogens is 6. The fraction of sp³-hybridized carbons (Fsp3) is 0.250. The van der Waals surface area contributed by atoms with Crippen molar-refractivity contribution in [3.8, 4) is 0 Å². The summed E-state index contributed by atoms with van der Waals surface area (Å²) in [6.45, 7) is 0. The van der Waals surface area contributed by atoms with Gasteiger partial charge in [-0.05, 0) is 17.7 Å². The quantitative estimate of drug-likeness (QED) is 0.772. The topological polar surface area (TPSA) is 26.0 Å². The molecule has 0 fully saturated rings. The zero-order valence-corrected chi connectivity index (χ0v) is 8.76. The highest BCUT2D eigenvalue weighted by Crippen LogP contribution is 2.31. The fourth-order valence-corrected chi connectivity index (χ4v) is 1.01. The number of nitrogens with two attached hydrogens (primary N) is 1. The van der Waals surface area contributed by atoms with Crippen LogP contribution in [-0.2, 0) is 0 Å². The Hall–Kier alpha value is -0.520. The molecule has 0 aliphatic carbocycles. The van der Waals surface area contributed by atoms with Crippen LogP contribution in [-0.4, -0.2) is 6.18 Å². The third kappa shape index (κ3) is 3.52. The van der Waals surface area contributed by atoms with Crippen LogP contribution in [0.5, 0.6) is 0 Å². The van der Waals surface area contributed by atoms with Crippen LogP contribution in [0.15, 0.2) is 18.2 Å². The highest BCUT2D eigenvalue weighted by atomic mass is 35.5. The Bertz CT molecular complexity index is 340. The molecule has 1 aromatic carbocycles. The molecule has 0 aliphatic rings. The Balaban J connectivity index is 0.00000196. The van der Waals surface area contributed by atoms with Crippen molar-refractivity contribution in [1.29, 1.82) is 0 Å². The summed E-state index contributed by atoms with van der Waals surface area (Å²) in [4.78, 5) is 0. The van der Waals surface area contributed by atoms with Gasteiger partial charge in [0, 0.05) is 0 Å². The summed E-state index contributed by atoms with van der Waals surface area (Å²) in [5.74, 6) is -0.913. The van der Waals surface area contributed by atoms with Crippen molar-refractivity contribution in [2.45, 2.75) is 12.2 Å². The molecule has 86 valence electrons. The second-order valence-electron chi connectivity index (χ2n) is 2.69. The summed E-state index contributed by atoms with van der Waals surface area (Å²) in [7, 11) is 0. The summed E-state index contributed by atoms with van der Waals surface area (Å²) in [5, 5.41) is -0.233. The Morgan fingerprint density at radius 2 is 1.80 bits per heavy atom. The molecule has 2 N–H and O–H groups in total. The van der Waals surface area contributed by atoms with Crippen molar-refractivity contribution in [3.63, 3.8) is 0 Å². The van der Waals surface area contributed by atoms with Crippen LogP contribution >= 0.6 is 24.0 Å². The molecule has 0 amide bonds. The number of hydrogen-bond donors (Lipinski definition) is 1. The summed E-state index contributed by atoms with van der Waals surface area (Å²) in [5.41, 5.74) is 4.51. The van der Waals surface area contributed by atoms with Gasteiger partial charge in [-0.25, -0.2) is 4.39 Å². The summed E-state index contributed by atoms with van der Waals surface area (Å²) in [6.07, 6.45) is -4.58. The van der Waals surface area contributed by atoms with Crippen LogP contribution in [0.1, 0.15) is 11.6 Å². The van der Waals surface area contributed by atoms with Gasteiger partial charge in [0.25, 0.3) is 0 Å². The Morgan fingerprint density at radius 1 is 1.27 bits per heavy atom. The predicted molar refractivity (Wildman–Crippen MR) is 51.6 cm³/mol. The van der Waals surface area contributed by atoms with E-state index in [0.717, 1.165) is 12.1 Å². The molecule has 1 nitrogen and oxygen atoms in total. The van der Waals surface area contributed by atoms with Gasteiger partial charge in [-0.3, -0.25) is 0 Å². The van der Waals surface area contributed by atoms with Crippen molar-refractivity contribution in [2.75, 3.05) is 0 Å². The van der Waals surface area contributed by atoms with E-state index in [1.807, 2.05) is 0 Å². The second-order valence-corrected chi connectivity index (χ2v) is 3.10.